The molecule has 0 bridgehead atoms. The number of nitrogens with zero attached hydrogens (tertiary/aromatic N) is 1. The predicted octanol–water partition coefficient (Wildman–Crippen LogP) is 3.28. The number of halogens is 1. The Morgan fingerprint density at radius 1 is 1.37 bits per heavy atom. The van der Waals surface area contributed by atoms with Crippen LogP contribution in [0.15, 0.2) is 45.3 Å². The second-order valence-corrected chi connectivity index (χ2v) is 6.04. The highest BCUT2D eigenvalue weighted by Gasteiger charge is 2.09. The van der Waals surface area contributed by atoms with Crippen LogP contribution in [-0.2, 0) is 0 Å². The van der Waals surface area contributed by atoms with Crippen molar-refractivity contribution in [2.24, 2.45) is 5.10 Å². The Hall–Kier alpha value is -1.66. The number of amides is 1. The molecule has 1 aromatic heterocycles. The van der Waals surface area contributed by atoms with Crippen molar-refractivity contribution >= 4 is 39.4 Å². The summed E-state index contributed by atoms with van der Waals surface area (Å²) in [4.78, 5) is 12.9. The Balaban J connectivity index is 2.03. The Morgan fingerprint density at radius 3 is 2.84 bits per heavy atom. The maximum absolute atomic E-state index is 11.9. The first-order chi connectivity index (χ1) is 9.20. The Bertz CT molecular complexity index is 610. The van der Waals surface area contributed by atoms with Crippen molar-refractivity contribution in [2.75, 3.05) is 7.11 Å². The number of hydrogen-bond donors (Lipinski definition) is 1. The van der Waals surface area contributed by atoms with Gasteiger partial charge >= 0.3 is 0 Å². The number of benzene rings is 1. The number of rotatable bonds is 4. The fraction of sp³-hybridized carbons (Fsp3) is 0.0769. The van der Waals surface area contributed by atoms with Gasteiger partial charge in [-0.2, -0.15) is 5.10 Å². The van der Waals surface area contributed by atoms with E-state index in [1.54, 1.807) is 24.4 Å². The van der Waals surface area contributed by atoms with Crippen LogP contribution in [0.5, 0.6) is 5.75 Å². The highest BCUT2D eigenvalue weighted by atomic mass is 79.9. The molecule has 2 aromatic rings. The van der Waals surface area contributed by atoms with Gasteiger partial charge in [0.2, 0.25) is 0 Å². The van der Waals surface area contributed by atoms with Gasteiger partial charge in [-0.15, -0.1) is 11.3 Å². The second kappa shape index (κ2) is 6.49. The molecule has 0 unspecified atom stereocenters. The lowest BCUT2D eigenvalue weighted by atomic mass is 10.2. The molecule has 2 rings (SSSR count). The quantitative estimate of drug-likeness (QED) is 0.687. The smallest absolute Gasteiger partial charge is 0.275 e. The monoisotopic (exact) mass is 338 g/mol. The van der Waals surface area contributed by atoms with Gasteiger partial charge < -0.3 is 4.74 Å². The van der Waals surface area contributed by atoms with E-state index >= 15 is 0 Å². The van der Waals surface area contributed by atoms with Crippen molar-refractivity contribution in [1.82, 2.24) is 5.43 Å². The molecule has 6 heteroatoms. The number of nitrogens with one attached hydrogen (secondary N) is 1. The summed E-state index contributed by atoms with van der Waals surface area (Å²) in [6, 6.07) is 10.8. The third-order valence-electron chi connectivity index (χ3n) is 2.30. The van der Waals surface area contributed by atoms with Crippen LogP contribution in [0.2, 0.25) is 0 Å². The second-order valence-electron chi connectivity index (χ2n) is 3.54. The standard InChI is InChI=1S/C13H11BrN2O2S/c1-18-11-5-3-2-4-10(11)13(17)16-15-8-9-6-7-12(14)19-9/h2-8H,1H3,(H,16,17)/b15-8+. The SMILES string of the molecule is COc1ccccc1C(=O)N/N=C/c1ccc(Br)s1. The van der Waals surface area contributed by atoms with Crippen molar-refractivity contribution in [3.05, 3.63) is 50.6 Å². The molecule has 0 saturated heterocycles. The molecule has 0 fully saturated rings. The molecule has 4 nitrogen and oxygen atoms in total. The third kappa shape index (κ3) is 3.65. The van der Waals surface area contributed by atoms with Crippen LogP contribution in [-0.4, -0.2) is 19.2 Å². The van der Waals surface area contributed by atoms with Crippen LogP contribution < -0.4 is 10.2 Å². The summed E-state index contributed by atoms with van der Waals surface area (Å²) < 4.78 is 6.14. The molecule has 1 amide bonds. The number of carbonyl (C=O) groups is 1. The molecule has 0 saturated carbocycles. The lowest BCUT2D eigenvalue weighted by Gasteiger charge is -2.05. The summed E-state index contributed by atoms with van der Waals surface area (Å²) in [5.41, 5.74) is 2.93. The number of hydrazone groups is 1. The summed E-state index contributed by atoms with van der Waals surface area (Å²) in [6.45, 7) is 0. The van der Waals surface area contributed by atoms with E-state index in [4.69, 9.17) is 4.74 Å². The molecule has 1 aromatic carbocycles. The summed E-state index contributed by atoms with van der Waals surface area (Å²) in [5, 5.41) is 3.92. The lowest BCUT2D eigenvalue weighted by molar-refractivity contribution is 0.0952. The largest absolute Gasteiger partial charge is 0.496 e. The molecule has 1 N–H and O–H groups in total. The number of ether oxygens (including phenoxy) is 1. The van der Waals surface area contributed by atoms with E-state index in [1.807, 2.05) is 18.2 Å². The summed E-state index contributed by atoms with van der Waals surface area (Å²) in [5.74, 6) is 0.221. The first-order valence-electron chi connectivity index (χ1n) is 5.42. The van der Waals surface area contributed by atoms with Crippen LogP contribution >= 0.6 is 27.3 Å². The highest BCUT2D eigenvalue weighted by molar-refractivity contribution is 9.11. The zero-order chi connectivity index (χ0) is 13.7. The number of hydrogen-bond acceptors (Lipinski definition) is 4. The minimum atomic E-state index is -0.302. The van der Waals surface area contributed by atoms with Crippen molar-refractivity contribution in [3.63, 3.8) is 0 Å². The van der Waals surface area contributed by atoms with E-state index in [-0.39, 0.29) is 5.91 Å². The zero-order valence-electron chi connectivity index (χ0n) is 10.1. The molecule has 0 aliphatic carbocycles. The first-order valence-corrected chi connectivity index (χ1v) is 7.03. The van der Waals surface area contributed by atoms with Crippen LogP contribution in [0.3, 0.4) is 0 Å². The van der Waals surface area contributed by atoms with E-state index in [0.717, 1.165) is 8.66 Å². The van der Waals surface area contributed by atoms with E-state index in [0.29, 0.717) is 11.3 Å². The van der Waals surface area contributed by atoms with Crippen LogP contribution in [0.4, 0.5) is 0 Å². The molecule has 1 heterocycles. The van der Waals surface area contributed by atoms with Gasteiger partial charge in [0.15, 0.2) is 0 Å². The average molecular weight is 339 g/mol. The van der Waals surface area contributed by atoms with E-state index in [1.165, 1.54) is 18.4 Å². The number of methoxy groups -OCH3 is 1. The molecule has 0 spiro atoms. The van der Waals surface area contributed by atoms with Gasteiger partial charge in [-0.3, -0.25) is 4.79 Å². The minimum absolute atomic E-state index is 0.302. The minimum Gasteiger partial charge on any atom is -0.496 e. The maximum Gasteiger partial charge on any atom is 0.275 e. The molecular formula is C13H11BrN2O2S. The fourth-order valence-corrected chi connectivity index (χ4v) is 2.74. The first kappa shape index (κ1) is 13.8. The Labute approximate surface area is 123 Å². The van der Waals surface area contributed by atoms with Crippen LogP contribution in [0.25, 0.3) is 0 Å². The maximum atomic E-state index is 11.9. The normalized spacial score (nSPS) is 10.6. The molecule has 19 heavy (non-hydrogen) atoms. The molecule has 0 aliphatic rings. The van der Waals surface area contributed by atoms with Crippen molar-refractivity contribution < 1.29 is 9.53 Å². The van der Waals surface area contributed by atoms with Gasteiger partial charge in [0, 0.05) is 4.88 Å². The fourth-order valence-electron chi connectivity index (χ4n) is 1.44. The van der Waals surface area contributed by atoms with E-state index in [9.17, 15) is 4.79 Å². The molecule has 98 valence electrons. The van der Waals surface area contributed by atoms with Gasteiger partial charge in [-0.05, 0) is 40.2 Å². The van der Waals surface area contributed by atoms with Gasteiger partial charge in [0.25, 0.3) is 5.91 Å². The summed E-state index contributed by atoms with van der Waals surface area (Å²) in [7, 11) is 1.53. The van der Waals surface area contributed by atoms with Crippen molar-refractivity contribution in [2.45, 2.75) is 0 Å². The summed E-state index contributed by atoms with van der Waals surface area (Å²) >= 11 is 4.90. The number of thiophene rings is 1. The zero-order valence-corrected chi connectivity index (χ0v) is 12.5. The van der Waals surface area contributed by atoms with E-state index < -0.39 is 0 Å². The van der Waals surface area contributed by atoms with E-state index in [2.05, 4.69) is 26.5 Å². The number of para-hydroxylation sites is 1. The average Bonchev–Trinajstić information content (AvgIpc) is 2.84. The van der Waals surface area contributed by atoms with Gasteiger partial charge in [0.1, 0.15) is 5.75 Å². The van der Waals surface area contributed by atoms with Crippen LogP contribution in [0, 0.1) is 0 Å². The predicted molar refractivity (Wildman–Crippen MR) is 80.1 cm³/mol. The molecular weight excluding hydrogens is 328 g/mol. The van der Waals surface area contributed by atoms with Gasteiger partial charge in [-0.1, -0.05) is 12.1 Å². The molecule has 0 radical (unpaired) electrons. The van der Waals surface area contributed by atoms with Gasteiger partial charge in [-0.25, -0.2) is 5.43 Å². The third-order valence-corrected chi connectivity index (χ3v) is 3.86. The van der Waals surface area contributed by atoms with Crippen molar-refractivity contribution in [3.8, 4) is 5.75 Å². The van der Waals surface area contributed by atoms with Gasteiger partial charge in [0.05, 0.1) is 22.7 Å². The topological polar surface area (TPSA) is 50.7 Å². The highest BCUT2D eigenvalue weighted by Crippen LogP contribution is 2.20. The Morgan fingerprint density at radius 2 is 2.16 bits per heavy atom. The number of carbonyl (C=O) groups excluding carboxylic acids is 1. The lowest BCUT2D eigenvalue weighted by Crippen LogP contribution is -2.18. The molecule has 0 atom stereocenters. The Kier molecular flexibility index (Phi) is 4.70. The summed E-state index contributed by atoms with van der Waals surface area (Å²) in [6.07, 6.45) is 1.60. The van der Waals surface area contributed by atoms with Crippen molar-refractivity contribution in [1.29, 1.82) is 0 Å². The van der Waals surface area contributed by atoms with Crippen LogP contribution in [0.1, 0.15) is 15.2 Å². The molecule has 0 aliphatic heterocycles.